The second kappa shape index (κ2) is 76.7. The van der Waals surface area contributed by atoms with E-state index in [9.17, 15) is 0 Å². The van der Waals surface area contributed by atoms with E-state index in [1.54, 1.807) is 0 Å². The Morgan fingerprint density at radius 1 is 0.274 bits per heavy atom. The first-order valence-electron chi connectivity index (χ1n) is 41.5. The van der Waals surface area contributed by atoms with Crippen molar-refractivity contribution in [2.75, 3.05) is 6.54 Å². The van der Waals surface area contributed by atoms with Crippen molar-refractivity contribution in [3.63, 3.8) is 0 Å². The molecule has 688 valence electrons. The minimum atomic E-state index is -0.0321. The van der Waals surface area contributed by atoms with Gasteiger partial charge in [-0.2, -0.15) is 6.54 Å². The monoisotopic (exact) mass is 1890 g/mol. The van der Waals surface area contributed by atoms with Crippen molar-refractivity contribution in [2.24, 2.45) is 118 Å². The van der Waals surface area contributed by atoms with Crippen molar-refractivity contribution < 1.29 is 105 Å². The molecule has 7 aliphatic carbocycles. The van der Waals surface area contributed by atoms with Gasteiger partial charge in [0.15, 0.2) is 0 Å². The average molecular weight is 1900 g/mol. The molecule has 0 aliphatic heterocycles. The molecule has 8 nitrogen and oxygen atoms in total. The van der Waals surface area contributed by atoms with Gasteiger partial charge in [-0.15, -0.1) is 61.2 Å². The first-order chi connectivity index (χ1) is 44.8. The quantitative estimate of drug-likeness (QED) is 0.165. The summed E-state index contributed by atoms with van der Waals surface area (Å²) in [7, 11) is 0. The summed E-state index contributed by atoms with van der Waals surface area (Å²) in [5.74, 6) is 19.2. The standard InChI is InChI=1S/C15H24N2.C14H26N2.C12H24N2.4C10H20.C8H18N2.12CH3.4Zr/c1-11(2)13-9-7-8-10-14(13)16-12(3)17-15(4,5)6;1-12(15-13-8-4-2-5-9-13)16-14-10-6-3-7-11-14;1-10(14-12(2,3)4)13-11-8-6-5-7-9-11;4*1-6-7(2)9(4)10(5)8(6)3;1-6-9-7(2)10-8(3,4)5;;;;;;;;;;;;;;;;/h7-12H,1-6H3;12-14H,2-11H2,1H3;10-11H,5-9H2,1-4H3;4*6-10H,1-5H3;7H,6H2,1-5H3;12*1H3;;;;/q3*-2;;;;;-2;12*-1;;;;. The van der Waals surface area contributed by atoms with E-state index in [4.69, 9.17) is 21.3 Å². The topological polar surface area (TPSA) is 113 Å². The summed E-state index contributed by atoms with van der Waals surface area (Å²) >= 11 is 0. The number of para-hydroxylation sites is 1. The second-order valence-corrected chi connectivity index (χ2v) is 37.3. The van der Waals surface area contributed by atoms with Crippen molar-refractivity contribution in [1.29, 1.82) is 0 Å². The third-order valence-corrected chi connectivity index (χ3v) is 26.6. The fourth-order valence-electron chi connectivity index (χ4n) is 17.6. The zero-order valence-corrected chi connectivity index (χ0v) is 95.7. The molecule has 0 amide bonds. The number of nitrogens with zero attached hydrogens (tertiary/aromatic N) is 8. The summed E-state index contributed by atoms with van der Waals surface area (Å²) in [6, 6.07) is 10.2. The van der Waals surface area contributed by atoms with Crippen LogP contribution in [0.1, 0.15) is 357 Å². The summed E-state index contributed by atoms with van der Waals surface area (Å²) in [5, 5.41) is 37.1. The van der Waals surface area contributed by atoms with E-state index >= 15 is 0 Å². The van der Waals surface area contributed by atoms with Crippen LogP contribution in [0.3, 0.4) is 0 Å². The Morgan fingerprint density at radius 3 is 0.655 bits per heavy atom. The number of rotatable bonds is 14. The van der Waals surface area contributed by atoms with Crippen molar-refractivity contribution in [3.05, 3.63) is 161 Å². The molecular formula is C101H208N8Zr4-20. The van der Waals surface area contributed by atoms with E-state index in [-0.39, 0.29) is 235 Å². The molecule has 0 bridgehead atoms. The molecule has 113 heavy (non-hydrogen) atoms. The van der Waals surface area contributed by atoms with Crippen LogP contribution in [0.25, 0.3) is 42.5 Å². The maximum Gasteiger partial charge on any atom is 0 e. The van der Waals surface area contributed by atoms with Crippen LogP contribution in [0.4, 0.5) is 5.69 Å². The Labute approximate surface area is 800 Å². The summed E-state index contributed by atoms with van der Waals surface area (Å²) in [5.41, 5.74) is 2.44. The van der Waals surface area contributed by atoms with Crippen LogP contribution >= 0.6 is 0 Å². The molecule has 0 saturated heterocycles. The average Bonchev–Trinajstić information content (AvgIpc) is 1.70. The maximum absolute atomic E-state index is 4.86. The van der Waals surface area contributed by atoms with Gasteiger partial charge in [0.25, 0.3) is 0 Å². The minimum Gasteiger partial charge on any atom is -0.699 e. The molecule has 7 fully saturated rings. The molecule has 0 heterocycles. The SMILES string of the molecule is CC([N-]C1CCCCC1)[N-]C(C)(C)C.CC([N-]C1CCCCC1)[N-]C1CCCCC1.CC([N-]c1ccccc1C(C)C)[N-]C(C)(C)C.CC1C(C)C(C)C(C)C1C.CC1C(C)C(C)C(C)C1C.CC1C(C)C(C)C(C)C1C.CC1C(C)C(C)C(C)C1C.CC[N-]C(C)[N-]C(C)(C)C.[CH3-].[CH3-].[CH3-].[CH3-].[CH3-].[CH3-].[CH3-].[CH3-].[CH3-].[CH3-].[CH3-].[CH3-].[Zr].[Zr].[Zr].[Zr]. The van der Waals surface area contributed by atoms with Gasteiger partial charge in [-0.05, 0) is 124 Å². The zero-order chi connectivity index (χ0) is 74.6. The summed E-state index contributed by atoms with van der Waals surface area (Å²) in [6.45, 7) is 82.6. The van der Waals surface area contributed by atoms with E-state index in [1.807, 2.05) is 26.8 Å². The van der Waals surface area contributed by atoms with Gasteiger partial charge in [0.1, 0.15) is 0 Å². The fourth-order valence-corrected chi connectivity index (χ4v) is 17.6. The molecule has 1 aromatic carbocycles. The van der Waals surface area contributed by atoms with E-state index < -0.39 is 0 Å². The van der Waals surface area contributed by atoms with E-state index in [0.29, 0.717) is 24.0 Å². The van der Waals surface area contributed by atoms with Gasteiger partial charge in [-0.25, -0.2) is 24.7 Å². The van der Waals surface area contributed by atoms with Gasteiger partial charge in [-0.3, -0.25) is 0 Å². The van der Waals surface area contributed by atoms with Gasteiger partial charge in [-0.1, -0.05) is 355 Å². The third kappa shape index (κ3) is 59.7. The minimum absolute atomic E-state index is 0. The Hall–Kier alpha value is 2.27. The molecule has 3 unspecified atom stereocenters. The van der Waals surface area contributed by atoms with Crippen molar-refractivity contribution >= 4 is 5.69 Å². The maximum atomic E-state index is 4.86. The van der Waals surface area contributed by atoms with Gasteiger partial charge in [0.2, 0.25) is 0 Å². The first-order valence-corrected chi connectivity index (χ1v) is 41.5. The van der Waals surface area contributed by atoms with E-state index in [2.05, 4.69) is 268 Å². The van der Waals surface area contributed by atoms with Crippen molar-refractivity contribution in [3.8, 4) is 0 Å². The molecule has 7 aliphatic rings. The predicted molar refractivity (Wildman–Crippen MR) is 516 cm³/mol. The predicted octanol–water partition coefficient (Wildman–Crippen LogP) is 35.3. The molecule has 1 aromatic rings. The van der Waals surface area contributed by atoms with Crippen LogP contribution in [0.2, 0.25) is 0 Å². The molecule has 3 atom stereocenters. The van der Waals surface area contributed by atoms with Crippen molar-refractivity contribution in [2.45, 2.75) is 411 Å². The van der Waals surface area contributed by atoms with E-state index in [1.165, 1.54) is 102 Å². The summed E-state index contributed by atoms with van der Waals surface area (Å²) in [4.78, 5) is 0. The number of benzene rings is 1. The van der Waals surface area contributed by atoms with Gasteiger partial charge in [0, 0.05) is 105 Å². The fraction of sp³-hybridized carbons (Fsp3) is 0.822. The third-order valence-electron chi connectivity index (χ3n) is 26.6. The molecule has 0 N–H and O–H groups in total. The van der Waals surface area contributed by atoms with Crippen LogP contribution in [0.5, 0.6) is 0 Å². The number of hydrogen-bond donors (Lipinski definition) is 0. The van der Waals surface area contributed by atoms with Crippen molar-refractivity contribution in [1.82, 2.24) is 0 Å². The van der Waals surface area contributed by atoms with Crippen LogP contribution in [0, 0.1) is 207 Å². The molecule has 0 aromatic heterocycles. The Bertz CT molecular complexity index is 1810. The van der Waals surface area contributed by atoms with Crippen LogP contribution in [-0.4, -0.2) is 66.0 Å². The largest absolute Gasteiger partial charge is 0.699 e. The molecule has 0 spiro atoms. The van der Waals surface area contributed by atoms with Gasteiger partial charge in [0.05, 0.1) is 0 Å². The molecular weight excluding hydrogens is 1690 g/mol. The van der Waals surface area contributed by atoms with E-state index in [0.717, 1.165) is 131 Å². The molecule has 0 radical (unpaired) electrons. The van der Waals surface area contributed by atoms with Crippen LogP contribution in [-0.2, 0) is 105 Å². The van der Waals surface area contributed by atoms with Crippen LogP contribution in [0.15, 0.2) is 24.3 Å². The Balaban J connectivity index is -0.0000000672. The number of hydrogen-bond acceptors (Lipinski definition) is 0. The first kappa shape index (κ1) is 153. The Kier molecular flexibility index (Phi) is 104. The molecule has 12 heteroatoms. The summed E-state index contributed by atoms with van der Waals surface area (Å²) in [6.07, 6.45) is 20.9. The Morgan fingerprint density at radius 2 is 0.460 bits per heavy atom. The second-order valence-electron chi connectivity index (χ2n) is 37.3. The summed E-state index contributed by atoms with van der Waals surface area (Å²) < 4.78 is 0. The molecule has 8 rings (SSSR count). The van der Waals surface area contributed by atoms with Gasteiger partial charge < -0.3 is 132 Å². The normalized spacial score (nSPS) is 29.4. The molecule has 7 saturated carbocycles. The smallest absolute Gasteiger partial charge is 0 e. The van der Waals surface area contributed by atoms with Gasteiger partial charge >= 0.3 is 0 Å². The zero-order valence-electron chi connectivity index (χ0n) is 85.9. The van der Waals surface area contributed by atoms with Crippen LogP contribution < -0.4 is 0 Å².